The number of hydrogen-bond acceptors (Lipinski definition) is 7. The first-order valence-electron chi connectivity index (χ1n) is 10.5. The molecule has 0 radical (unpaired) electrons. The predicted molar refractivity (Wildman–Crippen MR) is 123 cm³/mol. The normalized spacial score (nSPS) is 17.1. The molecular weight excluding hydrogens is 513 g/mol. The van der Waals surface area contributed by atoms with Crippen LogP contribution in [-0.4, -0.2) is 39.5 Å². The van der Waals surface area contributed by atoms with Crippen LogP contribution in [0.4, 0.5) is 9.05 Å². The van der Waals surface area contributed by atoms with Crippen molar-refractivity contribution in [2.24, 2.45) is 5.92 Å². The summed E-state index contributed by atoms with van der Waals surface area (Å²) in [5.74, 6) is 0.345. The number of nitrogens with one attached hydrogen (secondary N) is 1. The third-order valence-corrected chi connectivity index (χ3v) is 8.95. The van der Waals surface area contributed by atoms with Crippen LogP contribution in [0.5, 0.6) is 5.75 Å². The number of benzene rings is 2. The van der Waals surface area contributed by atoms with E-state index in [1.165, 1.54) is 29.6 Å². The Kier molecular flexibility index (Phi) is 9.45. The number of ether oxygens (including phenoxy) is 1. The third-order valence-electron chi connectivity index (χ3n) is 5.60. The lowest BCUT2D eigenvalue weighted by Crippen LogP contribution is -2.40. The van der Waals surface area contributed by atoms with Crippen LogP contribution in [0.3, 0.4) is 0 Å². The van der Waals surface area contributed by atoms with Crippen LogP contribution in [0.25, 0.3) is 0 Å². The Morgan fingerprint density at radius 1 is 1.21 bits per heavy atom. The van der Waals surface area contributed by atoms with Gasteiger partial charge in [0.2, 0.25) is 10.0 Å². The van der Waals surface area contributed by atoms with E-state index in [0.29, 0.717) is 12.1 Å². The highest BCUT2D eigenvalue weighted by Gasteiger charge is 2.32. The lowest BCUT2D eigenvalue weighted by Gasteiger charge is -2.30. The maximum atomic E-state index is 13.6. The van der Waals surface area contributed by atoms with Gasteiger partial charge in [0, 0.05) is 18.1 Å². The van der Waals surface area contributed by atoms with Crippen LogP contribution in [0, 0.1) is 5.92 Å². The molecule has 0 aliphatic carbocycles. The molecule has 0 amide bonds. The van der Waals surface area contributed by atoms with Gasteiger partial charge in [-0.3, -0.25) is 4.57 Å². The van der Waals surface area contributed by atoms with Crippen molar-refractivity contribution < 1.29 is 36.2 Å². The number of sulfonamides is 1. The molecule has 0 spiro atoms. The van der Waals surface area contributed by atoms with Crippen molar-refractivity contribution >= 4 is 29.2 Å². The summed E-state index contributed by atoms with van der Waals surface area (Å²) >= 11 is 6.23. The monoisotopic (exact) mass is 538 g/mol. The minimum atomic E-state index is -4.62. The average Bonchev–Trinajstić information content (AvgIpc) is 2.85. The van der Waals surface area contributed by atoms with Gasteiger partial charge >= 0.3 is 7.60 Å². The van der Waals surface area contributed by atoms with Gasteiger partial charge in [-0.2, -0.15) is 4.31 Å². The van der Waals surface area contributed by atoms with Crippen molar-refractivity contribution in [2.75, 3.05) is 26.7 Å². The summed E-state index contributed by atoms with van der Waals surface area (Å²) in [5.41, 5.74) is 0.660. The van der Waals surface area contributed by atoms with Gasteiger partial charge in [-0.15, -0.1) is 9.46 Å². The van der Waals surface area contributed by atoms with E-state index in [0.717, 1.165) is 19.4 Å². The summed E-state index contributed by atoms with van der Waals surface area (Å²) < 4.78 is 76.8. The van der Waals surface area contributed by atoms with Gasteiger partial charge in [-0.25, -0.2) is 8.42 Å². The molecule has 2 aromatic rings. The first kappa shape index (κ1) is 27.0. The molecule has 188 valence electrons. The molecule has 1 heterocycles. The molecule has 2 aromatic carbocycles. The molecule has 0 bridgehead atoms. The van der Waals surface area contributed by atoms with Crippen LogP contribution in [0.2, 0.25) is 5.02 Å². The lowest BCUT2D eigenvalue weighted by molar-refractivity contribution is -0.0881. The van der Waals surface area contributed by atoms with Gasteiger partial charge in [0.25, 0.3) is 0 Å². The Labute approximate surface area is 202 Å². The van der Waals surface area contributed by atoms with Crippen molar-refractivity contribution in [1.82, 2.24) is 9.62 Å². The second-order valence-corrected chi connectivity index (χ2v) is 12.1. The first-order chi connectivity index (χ1) is 16.2. The Bertz CT molecular complexity index is 1130. The van der Waals surface area contributed by atoms with Gasteiger partial charge in [-0.05, 0) is 70.2 Å². The molecule has 0 aromatic heterocycles. The fraction of sp³-hybridized carbons (Fsp3) is 0.429. The zero-order valence-corrected chi connectivity index (χ0v) is 20.9. The quantitative estimate of drug-likeness (QED) is 0.401. The van der Waals surface area contributed by atoms with Crippen molar-refractivity contribution in [1.29, 1.82) is 0 Å². The minimum Gasteiger partial charge on any atom is -0.495 e. The Balaban J connectivity index is 1.91. The van der Waals surface area contributed by atoms with Crippen LogP contribution in [0.15, 0.2) is 47.4 Å². The topological polar surface area (TPSA) is 94.2 Å². The maximum Gasteiger partial charge on any atom is 0.399 e. The Morgan fingerprint density at radius 3 is 2.56 bits per heavy atom. The maximum absolute atomic E-state index is 13.6. The summed E-state index contributed by atoms with van der Waals surface area (Å²) in [7, 11) is -7.16. The number of hydrogen-bond donors (Lipinski definition) is 1. The standard InChI is InChI=1S/C21H26ClF2N2O6PS/c1-30-20-6-2-3-7-21(20)34(28,29)26(14-17-5-4-10-25-12-17)13-16-8-9-18(19(22)11-16)15-33(27,31-23)32-24/h2-3,6-9,11,17,25H,4-5,10,12-15H2,1H3. The molecule has 0 saturated carbocycles. The van der Waals surface area contributed by atoms with E-state index in [2.05, 4.69) is 14.8 Å². The van der Waals surface area contributed by atoms with E-state index < -0.39 is 23.8 Å². The van der Waals surface area contributed by atoms with Crippen LogP contribution in [-0.2, 0) is 36.8 Å². The van der Waals surface area contributed by atoms with Crippen LogP contribution >= 0.6 is 19.2 Å². The fourth-order valence-corrected chi connectivity index (χ4v) is 6.71. The Morgan fingerprint density at radius 2 is 1.94 bits per heavy atom. The number of rotatable bonds is 11. The summed E-state index contributed by atoms with van der Waals surface area (Å²) in [4.78, 5) is 0.0464. The summed E-state index contributed by atoms with van der Waals surface area (Å²) in [6, 6.07) is 10.8. The summed E-state index contributed by atoms with van der Waals surface area (Å²) in [6.07, 6.45) is 1.10. The molecule has 1 unspecified atom stereocenters. The average molecular weight is 539 g/mol. The van der Waals surface area contributed by atoms with Gasteiger partial charge in [-0.1, -0.05) is 35.9 Å². The molecule has 3 rings (SSSR count). The highest BCUT2D eigenvalue weighted by atomic mass is 35.5. The van der Waals surface area contributed by atoms with Gasteiger partial charge < -0.3 is 10.1 Å². The van der Waals surface area contributed by atoms with E-state index >= 15 is 0 Å². The van der Waals surface area contributed by atoms with Crippen molar-refractivity contribution in [2.45, 2.75) is 30.4 Å². The second kappa shape index (κ2) is 11.9. The SMILES string of the molecule is COc1ccccc1S(=O)(=O)N(Cc1ccc(CP(=O)(OF)OF)c(Cl)c1)CC1CCCNC1. The second-order valence-electron chi connectivity index (χ2n) is 7.99. The van der Waals surface area contributed by atoms with E-state index in [-0.39, 0.29) is 40.2 Å². The van der Waals surface area contributed by atoms with Crippen LogP contribution < -0.4 is 10.1 Å². The molecule has 8 nitrogen and oxygen atoms in total. The molecule has 1 atom stereocenters. The summed E-state index contributed by atoms with van der Waals surface area (Å²) in [6.45, 7) is 1.85. The van der Waals surface area contributed by atoms with Gasteiger partial charge in [0.1, 0.15) is 10.6 Å². The van der Waals surface area contributed by atoms with Crippen molar-refractivity contribution in [3.8, 4) is 5.75 Å². The predicted octanol–water partition coefficient (Wildman–Crippen LogP) is 5.03. The number of para-hydroxylation sites is 1. The Hall–Kier alpha value is -1.59. The molecule has 34 heavy (non-hydrogen) atoms. The van der Waals surface area contributed by atoms with Crippen molar-refractivity contribution in [3.63, 3.8) is 0 Å². The lowest BCUT2D eigenvalue weighted by atomic mass is 9.99. The number of methoxy groups -OCH3 is 1. The number of halogens is 3. The highest BCUT2D eigenvalue weighted by Crippen LogP contribution is 2.53. The van der Waals surface area contributed by atoms with E-state index in [4.69, 9.17) is 16.3 Å². The molecule has 13 heteroatoms. The number of piperidine rings is 1. The van der Waals surface area contributed by atoms with Crippen molar-refractivity contribution in [3.05, 3.63) is 58.6 Å². The minimum absolute atomic E-state index is 0.00619. The molecule has 1 aliphatic heterocycles. The zero-order chi connectivity index (χ0) is 24.8. The van der Waals surface area contributed by atoms with Gasteiger partial charge in [0.05, 0.1) is 13.3 Å². The first-order valence-corrected chi connectivity index (χ1v) is 14.1. The highest BCUT2D eigenvalue weighted by molar-refractivity contribution is 7.89. The zero-order valence-electron chi connectivity index (χ0n) is 18.5. The van der Waals surface area contributed by atoms with E-state index in [1.54, 1.807) is 24.3 Å². The molecular formula is C21H26ClF2N2O6PS. The number of nitrogens with zero attached hydrogens (tertiary/aromatic N) is 1. The van der Waals surface area contributed by atoms with Crippen LogP contribution in [0.1, 0.15) is 24.0 Å². The largest absolute Gasteiger partial charge is 0.495 e. The van der Waals surface area contributed by atoms with Gasteiger partial charge in [0.15, 0.2) is 0 Å². The molecule has 1 N–H and O–H groups in total. The molecule has 1 saturated heterocycles. The summed E-state index contributed by atoms with van der Waals surface area (Å²) in [5, 5.41) is 3.33. The fourth-order valence-electron chi connectivity index (χ4n) is 3.88. The third kappa shape index (κ3) is 6.54. The molecule has 1 aliphatic rings. The smallest absolute Gasteiger partial charge is 0.399 e. The van der Waals surface area contributed by atoms with E-state index in [1.807, 2.05) is 0 Å². The molecule has 1 fully saturated rings. The van der Waals surface area contributed by atoms with E-state index in [9.17, 15) is 22.0 Å².